The average molecular weight is 446 g/mol. The fourth-order valence-electron chi connectivity index (χ4n) is 3.09. The zero-order valence-corrected chi connectivity index (χ0v) is 17.6. The van der Waals surface area contributed by atoms with Gasteiger partial charge < -0.3 is 9.47 Å². The second-order valence-corrected chi connectivity index (χ2v) is 7.83. The summed E-state index contributed by atoms with van der Waals surface area (Å²) >= 11 is 18.2. The lowest BCUT2D eigenvalue weighted by Gasteiger charge is -2.10. The summed E-state index contributed by atoms with van der Waals surface area (Å²) < 4.78 is 11.7. The summed E-state index contributed by atoms with van der Waals surface area (Å²) in [5, 5.41) is 1.51. The van der Waals surface area contributed by atoms with E-state index in [1.54, 1.807) is 30.3 Å². The van der Waals surface area contributed by atoms with Gasteiger partial charge in [0.25, 0.3) is 0 Å². The Morgan fingerprint density at radius 3 is 2.52 bits per heavy atom. The van der Waals surface area contributed by atoms with Crippen molar-refractivity contribution in [1.29, 1.82) is 0 Å². The van der Waals surface area contributed by atoms with Crippen molar-refractivity contribution in [3.8, 4) is 11.5 Å². The van der Waals surface area contributed by atoms with Gasteiger partial charge in [-0.1, -0.05) is 59.1 Å². The molecule has 0 atom stereocenters. The van der Waals surface area contributed by atoms with Gasteiger partial charge >= 0.3 is 0 Å². The van der Waals surface area contributed by atoms with Gasteiger partial charge in [0.2, 0.25) is 5.78 Å². The fraction of sp³-hybridized carbons (Fsp3) is 0.0870. The van der Waals surface area contributed by atoms with Gasteiger partial charge in [0.15, 0.2) is 5.76 Å². The molecule has 0 spiro atoms. The van der Waals surface area contributed by atoms with Crippen LogP contribution in [-0.2, 0) is 6.61 Å². The molecule has 0 saturated heterocycles. The molecule has 29 heavy (non-hydrogen) atoms. The average Bonchev–Trinajstić information content (AvgIpc) is 3.00. The van der Waals surface area contributed by atoms with Crippen LogP contribution in [0.5, 0.6) is 11.5 Å². The molecule has 4 rings (SSSR count). The van der Waals surface area contributed by atoms with Crippen molar-refractivity contribution in [2.75, 3.05) is 0 Å². The van der Waals surface area contributed by atoms with Crippen molar-refractivity contribution in [2.45, 2.75) is 13.5 Å². The summed E-state index contributed by atoms with van der Waals surface area (Å²) in [7, 11) is 0. The second-order valence-electron chi connectivity index (χ2n) is 6.61. The van der Waals surface area contributed by atoms with Crippen molar-refractivity contribution in [1.82, 2.24) is 0 Å². The summed E-state index contributed by atoms with van der Waals surface area (Å²) in [6.45, 7) is 2.17. The smallest absolute Gasteiger partial charge is 0.232 e. The molecule has 0 unspecified atom stereocenters. The number of halogens is 3. The van der Waals surface area contributed by atoms with Gasteiger partial charge in [-0.2, -0.15) is 0 Å². The molecule has 0 aliphatic carbocycles. The minimum absolute atomic E-state index is 0.179. The van der Waals surface area contributed by atoms with E-state index >= 15 is 0 Å². The molecule has 3 nitrogen and oxygen atoms in total. The first-order chi connectivity index (χ1) is 13.9. The Morgan fingerprint density at radius 2 is 1.76 bits per heavy atom. The molecule has 1 heterocycles. The van der Waals surface area contributed by atoms with E-state index in [1.807, 2.05) is 37.3 Å². The van der Waals surface area contributed by atoms with Crippen molar-refractivity contribution in [3.05, 3.63) is 97.7 Å². The molecule has 0 N–H and O–H groups in total. The first-order valence-corrected chi connectivity index (χ1v) is 9.96. The van der Waals surface area contributed by atoms with E-state index in [0.717, 1.165) is 16.7 Å². The predicted molar refractivity (Wildman–Crippen MR) is 116 cm³/mol. The van der Waals surface area contributed by atoms with Crippen LogP contribution < -0.4 is 9.47 Å². The van der Waals surface area contributed by atoms with E-state index in [9.17, 15) is 4.79 Å². The molecular formula is C23H15Cl3O3. The molecule has 0 amide bonds. The lowest BCUT2D eigenvalue weighted by atomic mass is 10.0. The van der Waals surface area contributed by atoms with Crippen LogP contribution in [0.25, 0.3) is 6.08 Å². The lowest BCUT2D eigenvalue weighted by Crippen LogP contribution is -2.00. The van der Waals surface area contributed by atoms with Gasteiger partial charge in [-0.25, -0.2) is 0 Å². The number of fused-ring (bicyclic) bond motifs is 1. The molecule has 0 aromatic heterocycles. The Balaban J connectivity index is 1.58. The Bertz CT molecular complexity index is 1150. The second kappa shape index (κ2) is 8.11. The molecule has 146 valence electrons. The third kappa shape index (κ3) is 4.13. The number of aryl methyl sites for hydroxylation is 1. The summed E-state index contributed by atoms with van der Waals surface area (Å²) in [4.78, 5) is 12.8. The number of hydrogen-bond donors (Lipinski definition) is 0. The third-order valence-electron chi connectivity index (χ3n) is 4.54. The Kier molecular flexibility index (Phi) is 5.55. The van der Waals surface area contributed by atoms with Crippen molar-refractivity contribution in [3.63, 3.8) is 0 Å². The molecule has 3 aromatic rings. The number of benzene rings is 3. The van der Waals surface area contributed by atoms with Gasteiger partial charge in [-0.05, 0) is 48.4 Å². The standard InChI is InChI=1S/C23H15Cl3O3/c1-13-8-16(28-12-15-4-2-3-5-17(15)24)11-20-22(13)23(27)21(29-20)10-14-6-7-18(25)19(26)9-14/h2-11H,12H2,1H3/b21-10-. The Hall–Kier alpha value is -2.46. The van der Waals surface area contributed by atoms with E-state index in [0.29, 0.717) is 38.7 Å². The molecule has 0 fully saturated rings. The van der Waals surface area contributed by atoms with Crippen LogP contribution in [-0.4, -0.2) is 5.78 Å². The highest BCUT2D eigenvalue weighted by molar-refractivity contribution is 6.42. The molecule has 1 aliphatic rings. The van der Waals surface area contributed by atoms with Gasteiger partial charge in [-0.15, -0.1) is 0 Å². The SMILES string of the molecule is Cc1cc(OCc2ccccc2Cl)cc2c1C(=O)/C(=C/c1ccc(Cl)c(Cl)c1)O2. The monoisotopic (exact) mass is 444 g/mol. The highest BCUT2D eigenvalue weighted by Gasteiger charge is 2.30. The maximum Gasteiger partial charge on any atom is 0.232 e. The quantitative estimate of drug-likeness (QED) is 0.400. The zero-order chi connectivity index (χ0) is 20.5. The number of ketones is 1. The van der Waals surface area contributed by atoms with E-state index in [4.69, 9.17) is 44.3 Å². The highest BCUT2D eigenvalue weighted by atomic mass is 35.5. The van der Waals surface area contributed by atoms with Crippen LogP contribution in [0.1, 0.15) is 27.0 Å². The van der Waals surface area contributed by atoms with Gasteiger partial charge in [0.05, 0.1) is 15.6 Å². The molecular weight excluding hydrogens is 431 g/mol. The minimum Gasteiger partial charge on any atom is -0.489 e. The molecule has 6 heteroatoms. The first-order valence-electron chi connectivity index (χ1n) is 8.82. The van der Waals surface area contributed by atoms with Crippen LogP contribution in [0.3, 0.4) is 0 Å². The van der Waals surface area contributed by atoms with E-state index < -0.39 is 0 Å². The largest absolute Gasteiger partial charge is 0.489 e. The van der Waals surface area contributed by atoms with Crippen molar-refractivity contribution < 1.29 is 14.3 Å². The molecule has 1 aliphatic heterocycles. The maximum absolute atomic E-state index is 12.8. The number of carbonyl (C=O) groups excluding carboxylic acids is 1. The first kappa shape index (κ1) is 19.8. The number of hydrogen-bond acceptors (Lipinski definition) is 3. The molecule has 0 bridgehead atoms. The minimum atomic E-state index is -0.179. The number of carbonyl (C=O) groups is 1. The number of allylic oxidation sites excluding steroid dienone is 1. The maximum atomic E-state index is 12.8. The van der Waals surface area contributed by atoms with Gasteiger partial charge in [0, 0.05) is 16.7 Å². The summed E-state index contributed by atoms with van der Waals surface area (Å²) in [5.41, 5.74) is 2.91. The molecule has 0 saturated carbocycles. The van der Waals surface area contributed by atoms with Gasteiger partial charge in [-0.3, -0.25) is 4.79 Å². The number of rotatable bonds is 4. The van der Waals surface area contributed by atoms with E-state index in [-0.39, 0.29) is 11.5 Å². The topological polar surface area (TPSA) is 35.5 Å². The van der Waals surface area contributed by atoms with Crippen molar-refractivity contribution >= 4 is 46.7 Å². The molecule has 0 radical (unpaired) electrons. The summed E-state index contributed by atoms with van der Waals surface area (Å²) in [5.74, 6) is 1.12. The van der Waals surface area contributed by atoms with Gasteiger partial charge in [0.1, 0.15) is 18.1 Å². The van der Waals surface area contributed by atoms with Crippen LogP contribution in [0, 0.1) is 6.92 Å². The normalized spacial score (nSPS) is 14.1. The van der Waals surface area contributed by atoms with Crippen LogP contribution in [0.15, 0.2) is 60.4 Å². The van der Waals surface area contributed by atoms with Crippen molar-refractivity contribution in [2.24, 2.45) is 0 Å². The predicted octanol–water partition coefficient (Wildman–Crippen LogP) is 7.15. The molecule has 3 aromatic carbocycles. The van der Waals surface area contributed by atoms with Crippen LogP contribution in [0.2, 0.25) is 15.1 Å². The fourth-order valence-corrected chi connectivity index (χ4v) is 3.59. The number of Topliss-reactive ketones (excluding diaryl/α,β-unsaturated/α-hetero) is 1. The number of ether oxygens (including phenoxy) is 2. The Labute approximate surface area is 183 Å². The lowest BCUT2D eigenvalue weighted by molar-refractivity contribution is 0.101. The summed E-state index contributed by atoms with van der Waals surface area (Å²) in [6, 6.07) is 16.2. The Morgan fingerprint density at radius 1 is 0.966 bits per heavy atom. The van der Waals surface area contributed by atoms with Crippen LogP contribution in [0.4, 0.5) is 0 Å². The van der Waals surface area contributed by atoms with Crippen LogP contribution >= 0.6 is 34.8 Å². The zero-order valence-electron chi connectivity index (χ0n) is 15.3. The van der Waals surface area contributed by atoms with E-state index in [2.05, 4.69) is 0 Å². The highest BCUT2D eigenvalue weighted by Crippen LogP contribution is 2.38. The third-order valence-corrected chi connectivity index (χ3v) is 5.64. The van der Waals surface area contributed by atoms with E-state index in [1.165, 1.54) is 0 Å². The summed E-state index contributed by atoms with van der Waals surface area (Å²) in [6.07, 6.45) is 1.65.